The number of hydrogen-bond donors (Lipinski definition) is 0. The molecule has 0 bridgehead atoms. The van der Waals surface area contributed by atoms with Crippen molar-refractivity contribution in [1.82, 2.24) is 9.80 Å². The Morgan fingerprint density at radius 2 is 1.89 bits per heavy atom. The third kappa shape index (κ3) is 5.53. The predicted molar refractivity (Wildman–Crippen MR) is 105 cm³/mol. The first-order valence-corrected chi connectivity index (χ1v) is 10.2. The Balaban J connectivity index is 1.32. The highest BCUT2D eigenvalue weighted by molar-refractivity contribution is 7.99. The summed E-state index contributed by atoms with van der Waals surface area (Å²) in [5.41, 5.74) is 1.17. The van der Waals surface area contributed by atoms with Gasteiger partial charge in [-0.2, -0.15) is 0 Å². The van der Waals surface area contributed by atoms with Crippen molar-refractivity contribution in [3.8, 4) is 5.75 Å². The van der Waals surface area contributed by atoms with E-state index in [0.717, 1.165) is 11.5 Å². The van der Waals surface area contributed by atoms with Gasteiger partial charge in [-0.05, 0) is 36.8 Å². The number of carbonyl (C=O) groups is 2. The fourth-order valence-corrected chi connectivity index (χ4v) is 3.59. The molecule has 1 fully saturated rings. The predicted octanol–water partition coefficient (Wildman–Crippen LogP) is 2.68. The molecule has 7 heteroatoms. The van der Waals surface area contributed by atoms with Crippen LogP contribution in [0.2, 0.25) is 0 Å². The number of nitrogens with zero attached hydrogens (tertiary/aromatic N) is 2. The fraction of sp³-hybridized carbons (Fsp3) is 0.400. The van der Waals surface area contributed by atoms with Crippen molar-refractivity contribution in [2.75, 3.05) is 44.3 Å². The number of thioether (sulfide) groups is 1. The molecule has 2 heterocycles. The largest absolute Gasteiger partial charge is 0.493 e. The third-order valence-corrected chi connectivity index (χ3v) is 5.27. The van der Waals surface area contributed by atoms with E-state index in [0.29, 0.717) is 44.3 Å². The van der Waals surface area contributed by atoms with Crippen molar-refractivity contribution in [2.24, 2.45) is 0 Å². The Hall–Kier alpha value is -2.41. The van der Waals surface area contributed by atoms with Crippen LogP contribution in [0.4, 0.5) is 0 Å². The number of piperazine rings is 1. The molecule has 0 unspecified atom stereocenters. The summed E-state index contributed by atoms with van der Waals surface area (Å²) in [5.74, 6) is 2.40. The molecule has 1 aromatic heterocycles. The number of carbonyl (C=O) groups excluding carboxylic acids is 2. The second-order valence-electron chi connectivity index (χ2n) is 6.37. The highest BCUT2D eigenvalue weighted by atomic mass is 32.2. The van der Waals surface area contributed by atoms with Gasteiger partial charge in [-0.15, -0.1) is 11.8 Å². The van der Waals surface area contributed by atoms with Crippen LogP contribution in [0, 0.1) is 6.92 Å². The summed E-state index contributed by atoms with van der Waals surface area (Å²) in [6.07, 6.45) is 1.49. The van der Waals surface area contributed by atoms with E-state index < -0.39 is 0 Å². The van der Waals surface area contributed by atoms with Crippen LogP contribution in [-0.4, -0.2) is 65.9 Å². The summed E-state index contributed by atoms with van der Waals surface area (Å²) >= 11 is 1.57. The van der Waals surface area contributed by atoms with Gasteiger partial charge in [-0.25, -0.2) is 0 Å². The lowest BCUT2D eigenvalue weighted by atomic mass is 10.2. The van der Waals surface area contributed by atoms with Crippen LogP contribution in [0.1, 0.15) is 16.1 Å². The number of benzene rings is 1. The molecule has 0 spiro atoms. The molecule has 0 saturated carbocycles. The molecule has 3 rings (SSSR count). The van der Waals surface area contributed by atoms with Crippen molar-refractivity contribution in [3.05, 3.63) is 54.0 Å². The molecular formula is C20H24N2O4S. The molecule has 0 atom stereocenters. The summed E-state index contributed by atoms with van der Waals surface area (Å²) in [5, 5.41) is 0. The molecule has 6 nitrogen and oxygen atoms in total. The van der Waals surface area contributed by atoms with Crippen LogP contribution in [0.15, 0.2) is 47.1 Å². The smallest absolute Gasteiger partial charge is 0.289 e. The van der Waals surface area contributed by atoms with E-state index in [9.17, 15) is 9.59 Å². The van der Waals surface area contributed by atoms with Gasteiger partial charge in [0.2, 0.25) is 5.91 Å². The quantitative estimate of drug-likeness (QED) is 0.683. The molecule has 2 aromatic rings. The van der Waals surface area contributed by atoms with E-state index in [-0.39, 0.29) is 11.8 Å². The Bertz CT molecular complexity index is 755. The number of amides is 2. The molecule has 2 amide bonds. The highest BCUT2D eigenvalue weighted by Gasteiger charge is 2.25. The van der Waals surface area contributed by atoms with E-state index in [1.165, 1.54) is 11.8 Å². The van der Waals surface area contributed by atoms with Crippen LogP contribution < -0.4 is 4.74 Å². The monoisotopic (exact) mass is 388 g/mol. The topological polar surface area (TPSA) is 63.0 Å². The Labute approximate surface area is 163 Å². The Morgan fingerprint density at radius 3 is 2.59 bits per heavy atom. The van der Waals surface area contributed by atoms with Gasteiger partial charge in [0.05, 0.1) is 18.6 Å². The maximum atomic E-state index is 12.3. The molecular weight excluding hydrogens is 364 g/mol. The average Bonchev–Trinajstić information content (AvgIpc) is 3.22. The molecule has 144 valence electrons. The summed E-state index contributed by atoms with van der Waals surface area (Å²) in [6, 6.07) is 11.3. The molecule has 1 aliphatic heterocycles. The number of ether oxygens (including phenoxy) is 1. The van der Waals surface area contributed by atoms with Crippen molar-refractivity contribution >= 4 is 23.6 Å². The van der Waals surface area contributed by atoms with E-state index in [1.807, 2.05) is 36.1 Å². The summed E-state index contributed by atoms with van der Waals surface area (Å²) in [7, 11) is 0. The van der Waals surface area contributed by atoms with Crippen LogP contribution in [0.5, 0.6) is 5.75 Å². The zero-order valence-electron chi connectivity index (χ0n) is 15.4. The normalized spacial score (nSPS) is 14.3. The standard InChI is InChI=1S/C20H24N2O4S/c1-16-4-2-5-17(14-16)25-12-13-27-15-19(23)21-7-9-22(10-8-21)20(24)18-6-3-11-26-18/h2-6,11,14H,7-10,12-13,15H2,1H3. The third-order valence-electron chi connectivity index (χ3n) is 4.36. The van der Waals surface area contributed by atoms with Gasteiger partial charge in [0, 0.05) is 31.9 Å². The molecule has 0 N–H and O–H groups in total. The lowest BCUT2D eigenvalue weighted by molar-refractivity contribution is -0.129. The molecule has 1 saturated heterocycles. The number of rotatable bonds is 7. The maximum Gasteiger partial charge on any atom is 0.289 e. The van der Waals surface area contributed by atoms with Crippen molar-refractivity contribution < 1.29 is 18.7 Å². The van der Waals surface area contributed by atoms with Gasteiger partial charge >= 0.3 is 0 Å². The van der Waals surface area contributed by atoms with E-state index in [4.69, 9.17) is 9.15 Å². The SMILES string of the molecule is Cc1cccc(OCCSCC(=O)N2CCN(C(=O)c3ccco3)CC2)c1. The molecule has 27 heavy (non-hydrogen) atoms. The lowest BCUT2D eigenvalue weighted by Crippen LogP contribution is -2.51. The average molecular weight is 388 g/mol. The van der Waals surface area contributed by atoms with Gasteiger partial charge in [0.15, 0.2) is 5.76 Å². The Kier molecular flexibility index (Phi) is 6.81. The second kappa shape index (κ2) is 9.50. The summed E-state index contributed by atoms with van der Waals surface area (Å²) in [6.45, 7) is 4.80. The number of aryl methyl sites for hydroxylation is 1. The summed E-state index contributed by atoms with van der Waals surface area (Å²) in [4.78, 5) is 28.1. The fourth-order valence-electron chi connectivity index (χ4n) is 2.89. The minimum Gasteiger partial charge on any atom is -0.493 e. The van der Waals surface area contributed by atoms with Crippen molar-refractivity contribution in [2.45, 2.75) is 6.92 Å². The summed E-state index contributed by atoms with van der Waals surface area (Å²) < 4.78 is 10.8. The van der Waals surface area contributed by atoms with Crippen LogP contribution in [0.3, 0.4) is 0 Å². The van der Waals surface area contributed by atoms with Gasteiger partial charge in [-0.3, -0.25) is 9.59 Å². The van der Waals surface area contributed by atoms with Gasteiger partial charge < -0.3 is 19.0 Å². The number of hydrogen-bond acceptors (Lipinski definition) is 5. The minimum atomic E-state index is -0.116. The van der Waals surface area contributed by atoms with E-state index in [1.54, 1.807) is 28.8 Å². The number of furan rings is 1. The molecule has 0 radical (unpaired) electrons. The first kappa shape index (κ1) is 19.4. The molecule has 0 aliphatic carbocycles. The van der Waals surface area contributed by atoms with Crippen molar-refractivity contribution in [1.29, 1.82) is 0 Å². The van der Waals surface area contributed by atoms with Gasteiger partial charge in [0.1, 0.15) is 5.75 Å². The molecule has 1 aromatic carbocycles. The lowest BCUT2D eigenvalue weighted by Gasteiger charge is -2.34. The zero-order chi connectivity index (χ0) is 19.1. The van der Waals surface area contributed by atoms with Crippen LogP contribution in [0.25, 0.3) is 0 Å². The van der Waals surface area contributed by atoms with Gasteiger partial charge in [-0.1, -0.05) is 12.1 Å². The van der Waals surface area contributed by atoms with Gasteiger partial charge in [0.25, 0.3) is 5.91 Å². The van der Waals surface area contributed by atoms with E-state index >= 15 is 0 Å². The highest BCUT2D eigenvalue weighted by Crippen LogP contribution is 2.14. The van der Waals surface area contributed by atoms with Crippen molar-refractivity contribution in [3.63, 3.8) is 0 Å². The van der Waals surface area contributed by atoms with E-state index in [2.05, 4.69) is 0 Å². The Morgan fingerprint density at radius 1 is 1.11 bits per heavy atom. The molecule has 1 aliphatic rings. The first-order chi connectivity index (χ1) is 13.1. The minimum absolute atomic E-state index is 0.112. The van der Waals surface area contributed by atoms with Crippen LogP contribution >= 0.6 is 11.8 Å². The second-order valence-corrected chi connectivity index (χ2v) is 7.47. The maximum absolute atomic E-state index is 12.3. The van der Waals surface area contributed by atoms with Crippen LogP contribution in [-0.2, 0) is 4.79 Å². The first-order valence-electron chi connectivity index (χ1n) is 9.01. The zero-order valence-corrected chi connectivity index (χ0v) is 16.2.